The van der Waals surface area contributed by atoms with Crippen molar-refractivity contribution in [2.24, 2.45) is 5.73 Å². The third kappa shape index (κ3) is 3.81. The van der Waals surface area contributed by atoms with Crippen LogP contribution in [0.3, 0.4) is 0 Å². The van der Waals surface area contributed by atoms with E-state index in [4.69, 9.17) is 10.5 Å². The minimum atomic E-state index is -4.53. The van der Waals surface area contributed by atoms with Crippen molar-refractivity contribution in [1.29, 1.82) is 0 Å². The molecule has 2 aliphatic heterocycles. The maximum atomic E-state index is 13.2. The third-order valence-electron chi connectivity index (χ3n) is 6.53. The van der Waals surface area contributed by atoms with Crippen molar-refractivity contribution in [2.45, 2.75) is 55.6 Å². The first-order chi connectivity index (χ1) is 15.4. The van der Waals surface area contributed by atoms with Crippen molar-refractivity contribution in [3.8, 4) is 0 Å². The van der Waals surface area contributed by atoms with Crippen molar-refractivity contribution in [3.05, 3.63) is 34.9 Å². The molecule has 0 spiro atoms. The monoisotopic (exact) mass is 468 g/mol. The summed E-state index contributed by atoms with van der Waals surface area (Å²) in [4.78, 5) is 50.4. The highest BCUT2D eigenvalue weighted by molar-refractivity contribution is 6.24. The van der Waals surface area contributed by atoms with Crippen LogP contribution in [0.1, 0.15) is 52.0 Å². The Hall–Kier alpha value is -2.83. The number of hydrogen-bond acceptors (Lipinski definition) is 7. The van der Waals surface area contributed by atoms with Gasteiger partial charge >= 0.3 is 6.18 Å². The third-order valence-corrected chi connectivity index (χ3v) is 6.53. The lowest BCUT2D eigenvalue weighted by Crippen LogP contribution is -2.71. The fraction of sp³-hybridized carbons (Fsp3) is 0.524. The van der Waals surface area contributed by atoms with Crippen molar-refractivity contribution >= 4 is 23.6 Å². The molecule has 33 heavy (non-hydrogen) atoms. The quantitative estimate of drug-likeness (QED) is 0.522. The number of methoxy groups -OCH3 is 1. The number of carbonyl (C=O) groups is 4. The van der Waals surface area contributed by atoms with Crippen LogP contribution in [0.15, 0.2) is 18.2 Å². The van der Waals surface area contributed by atoms with Gasteiger partial charge in [-0.2, -0.15) is 13.2 Å². The maximum absolute atomic E-state index is 13.2. The van der Waals surface area contributed by atoms with Gasteiger partial charge in [0.05, 0.1) is 11.1 Å². The number of rotatable bonds is 6. The molecule has 12 heteroatoms. The number of ether oxygens (including phenoxy) is 1. The van der Waals surface area contributed by atoms with Gasteiger partial charge in [-0.1, -0.05) is 12.1 Å². The van der Waals surface area contributed by atoms with Crippen LogP contribution in [0.2, 0.25) is 0 Å². The zero-order valence-electron chi connectivity index (χ0n) is 17.8. The molecular formula is C21H23F3N4O5. The summed E-state index contributed by atoms with van der Waals surface area (Å²) in [5.41, 5.74) is 3.39. The van der Waals surface area contributed by atoms with Gasteiger partial charge in [-0.25, -0.2) is 0 Å². The number of nitrogens with two attached hydrogens (primary N) is 1. The lowest BCUT2D eigenvalue weighted by atomic mass is 9.64. The van der Waals surface area contributed by atoms with Crippen molar-refractivity contribution in [2.75, 3.05) is 13.7 Å². The van der Waals surface area contributed by atoms with Crippen molar-refractivity contribution in [3.63, 3.8) is 0 Å². The molecular weight excluding hydrogens is 445 g/mol. The number of fused-ring (bicyclic) bond motifs is 1. The number of alkyl halides is 3. The molecule has 2 heterocycles. The maximum Gasteiger partial charge on any atom is 0.417 e. The zero-order valence-corrected chi connectivity index (χ0v) is 17.8. The second-order valence-electron chi connectivity index (χ2n) is 8.80. The summed E-state index contributed by atoms with van der Waals surface area (Å²) >= 11 is 0. The minimum Gasteiger partial charge on any atom is -0.369 e. The molecule has 178 valence electrons. The Kier molecular flexibility index (Phi) is 5.58. The highest BCUT2D eigenvalue weighted by Gasteiger charge is 2.67. The molecule has 1 aliphatic carbocycles. The predicted octanol–water partition coefficient (Wildman–Crippen LogP) is 0.616. The molecule has 4 N–H and O–H groups in total. The van der Waals surface area contributed by atoms with E-state index in [1.165, 1.54) is 6.07 Å². The van der Waals surface area contributed by atoms with Crippen LogP contribution in [-0.4, -0.2) is 65.5 Å². The molecule has 1 aromatic carbocycles. The molecule has 1 saturated carbocycles. The normalized spacial score (nSPS) is 29.7. The topological polar surface area (TPSA) is 131 Å². The van der Waals surface area contributed by atoms with Gasteiger partial charge in [0.25, 0.3) is 11.8 Å². The molecule has 1 unspecified atom stereocenters. The number of benzene rings is 1. The fourth-order valence-electron chi connectivity index (χ4n) is 4.85. The molecule has 0 bridgehead atoms. The molecule has 1 saturated heterocycles. The van der Waals surface area contributed by atoms with Gasteiger partial charge in [-0.05, 0) is 18.1 Å². The molecule has 4 rings (SSSR count). The number of imide groups is 2. The molecule has 2 fully saturated rings. The van der Waals surface area contributed by atoms with Crippen LogP contribution < -0.4 is 16.4 Å². The summed E-state index contributed by atoms with van der Waals surface area (Å²) in [6.07, 6.45) is -5.28. The minimum absolute atomic E-state index is 0.0116. The second kappa shape index (κ2) is 7.89. The first-order valence-electron chi connectivity index (χ1n) is 10.4. The van der Waals surface area contributed by atoms with E-state index in [-0.39, 0.29) is 37.1 Å². The van der Waals surface area contributed by atoms with Crippen LogP contribution >= 0.6 is 0 Å². The Balaban J connectivity index is 1.45. The molecule has 3 aliphatic rings. The largest absolute Gasteiger partial charge is 0.417 e. The number of piperidine rings is 1. The highest BCUT2D eigenvalue weighted by atomic mass is 19.4. The average molecular weight is 468 g/mol. The summed E-state index contributed by atoms with van der Waals surface area (Å²) in [7, 11) is 1.00. The van der Waals surface area contributed by atoms with Gasteiger partial charge in [0.15, 0.2) is 5.60 Å². The van der Waals surface area contributed by atoms with Crippen molar-refractivity contribution in [1.82, 2.24) is 15.5 Å². The Bertz CT molecular complexity index is 1040. The van der Waals surface area contributed by atoms with Gasteiger partial charge in [0.2, 0.25) is 11.8 Å². The number of nitrogens with zero attached hydrogens (tertiary/aromatic N) is 1. The van der Waals surface area contributed by atoms with E-state index in [0.29, 0.717) is 5.56 Å². The van der Waals surface area contributed by atoms with Gasteiger partial charge in [0, 0.05) is 45.0 Å². The fourth-order valence-corrected chi connectivity index (χ4v) is 4.85. The highest BCUT2D eigenvalue weighted by Crippen LogP contribution is 2.51. The van der Waals surface area contributed by atoms with Crippen LogP contribution in [0.5, 0.6) is 0 Å². The van der Waals surface area contributed by atoms with E-state index < -0.39 is 59.8 Å². The van der Waals surface area contributed by atoms with Gasteiger partial charge < -0.3 is 15.8 Å². The Labute approximate surface area is 186 Å². The summed E-state index contributed by atoms with van der Waals surface area (Å²) in [5.74, 6) is -2.45. The average Bonchev–Trinajstić information content (AvgIpc) is 2.96. The summed E-state index contributed by atoms with van der Waals surface area (Å²) < 4.78 is 44.4. The summed E-state index contributed by atoms with van der Waals surface area (Å²) in [6.45, 7) is 0.118. The zero-order chi connectivity index (χ0) is 24.2. The van der Waals surface area contributed by atoms with Gasteiger partial charge in [0.1, 0.15) is 6.04 Å². The molecule has 9 nitrogen and oxygen atoms in total. The van der Waals surface area contributed by atoms with E-state index in [0.717, 1.165) is 12.0 Å². The van der Waals surface area contributed by atoms with E-state index in [2.05, 4.69) is 10.6 Å². The van der Waals surface area contributed by atoms with E-state index in [9.17, 15) is 32.3 Å². The van der Waals surface area contributed by atoms with E-state index in [1.54, 1.807) is 12.1 Å². The standard InChI is InChI=1S/C21H23F3N4O5/c1-33-20(21(22,23)24)8-19(25,9-20)10-26-7-11-3-2-4-12-15(11)18(32)28(17(12)31)13-5-6-14(29)27-16(13)30/h2-4,13,26H,5-10,25H2,1H3,(H,27,29,30). The Morgan fingerprint density at radius 3 is 2.52 bits per heavy atom. The van der Waals surface area contributed by atoms with Gasteiger partial charge in [-0.3, -0.25) is 29.4 Å². The summed E-state index contributed by atoms with van der Waals surface area (Å²) in [5, 5.41) is 5.11. The van der Waals surface area contributed by atoms with E-state index >= 15 is 0 Å². The van der Waals surface area contributed by atoms with E-state index in [1.807, 2.05) is 0 Å². The molecule has 4 amide bonds. The van der Waals surface area contributed by atoms with Crippen molar-refractivity contribution < 1.29 is 37.1 Å². The molecule has 1 atom stereocenters. The SMILES string of the molecule is COC1(C(F)(F)F)CC(N)(CNCc2cccc3c2C(=O)N(C2CCC(=O)NC2=O)C3=O)C1. The first kappa shape index (κ1) is 23.3. The Morgan fingerprint density at radius 2 is 1.91 bits per heavy atom. The number of halogens is 3. The predicted molar refractivity (Wildman–Crippen MR) is 107 cm³/mol. The van der Waals surface area contributed by atoms with Crippen LogP contribution in [0.4, 0.5) is 13.2 Å². The molecule has 1 aromatic rings. The summed E-state index contributed by atoms with van der Waals surface area (Å²) in [6, 6.07) is 3.58. The van der Waals surface area contributed by atoms with Crippen LogP contribution in [0, 0.1) is 0 Å². The smallest absolute Gasteiger partial charge is 0.369 e. The lowest BCUT2D eigenvalue weighted by Gasteiger charge is -2.53. The first-order valence-corrected chi connectivity index (χ1v) is 10.4. The number of carbonyl (C=O) groups excluding carboxylic acids is 4. The number of amides is 4. The van der Waals surface area contributed by atoms with Gasteiger partial charge in [-0.15, -0.1) is 0 Å². The number of hydrogen-bond donors (Lipinski definition) is 3. The Morgan fingerprint density at radius 1 is 1.21 bits per heavy atom. The van der Waals surface area contributed by atoms with Crippen LogP contribution in [-0.2, 0) is 20.9 Å². The molecule has 0 radical (unpaired) electrons. The molecule has 0 aromatic heterocycles. The van der Waals surface area contributed by atoms with Crippen LogP contribution in [0.25, 0.3) is 0 Å². The lowest BCUT2D eigenvalue weighted by molar-refractivity contribution is -0.311. The number of nitrogens with one attached hydrogen (secondary N) is 2. The second-order valence-corrected chi connectivity index (χ2v) is 8.80.